The number of imide groups is 1. The van der Waals surface area contributed by atoms with Crippen LogP contribution in [0.1, 0.15) is 36.8 Å². The third-order valence-electron chi connectivity index (χ3n) is 4.78. The Morgan fingerprint density at radius 1 is 1.17 bits per heavy atom. The quantitative estimate of drug-likeness (QED) is 0.790. The molecule has 1 aromatic carbocycles. The van der Waals surface area contributed by atoms with Crippen molar-refractivity contribution in [3.8, 4) is 5.75 Å². The van der Waals surface area contributed by atoms with Gasteiger partial charge in [-0.2, -0.15) is 0 Å². The van der Waals surface area contributed by atoms with Crippen LogP contribution in [0.4, 0.5) is 5.69 Å². The number of fused-ring (bicyclic) bond motifs is 1. The Morgan fingerprint density at radius 3 is 2.54 bits per heavy atom. The second-order valence-corrected chi connectivity index (χ2v) is 6.25. The van der Waals surface area contributed by atoms with Gasteiger partial charge in [0.1, 0.15) is 5.75 Å². The Kier molecular flexibility index (Phi) is 4.55. The lowest BCUT2D eigenvalue weighted by Crippen LogP contribution is -2.39. The van der Waals surface area contributed by atoms with Gasteiger partial charge in [-0.15, -0.1) is 0 Å². The molecule has 0 saturated carbocycles. The van der Waals surface area contributed by atoms with E-state index in [1.54, 1.807) is 12.0 Å². The first-order valence-electron chi connectivity index (χ1n) is 8.33. The molecule has 0 radical (unpaired) electrons. The van der Waals surface area contributed by atoms with Crippen LogP contribution in [0.25, 0.3) is 0 Å². The molecule has 1 aromatic rings. The number of aryl methyl sites for hydroxylation is 1. The molecule has 2 aliphatic rings. The van der Waals surface area contributed by atoms with Crippen LogP contribution >= 0.6 is 0 Å². The summed E-state index contributed by atoms with van der Waals surface area (Å²) in [6, 6.07) is 3.89. The summed E-state index contributed by atoms with van der Waals surface area (Å²) >= 11 is 0. The predicted octanol–water partition coefficient (Wildman–Crippen LogP) is 1.82. The largest absolute Gasteiger partial charge is 0.495 e. The smallest absolute Gasteiger partial charge is 0.229 e. The topological polar surface area (TPSA) is 66.9 Å². The van der Waals surface area contributed by atoms with Crippen LogP contribution in [0.15, 0.2) is 12.1 Å². The fraction of sp³-hybridized carbons (Fsp3) is 0.500. The maximum atomic E-state index is 12.7. The number of methoxy groups -OCH3 is 1. The van der Waals surface area contributed by atoms with E-state index in [2.05, 4.69) is 0 Å². The number of nitrogens with zero attached hydrogens (tertiary/aromatic N) is 2. The summed E-state index contributed by atoms with van der Waals surface area (Å²) < 4.78 is 5.45. The van der Waals surface area contributed by atoms with Gasteiger partial charge in [0.15, 0.2) is 0 Å². The zero-order chi connectivity index (χ0) is 17.3. The number of hydrogen-bond acceptors (Lipinski definition) is 4. The summed E-state index contributed by atoms with van der Waals surface area (Å²) in [6.07, 6.45) is 2.48. The average Bonchev–Trinajstić information content (AvgIpc) is 2.91. The molecule has 0 unspecified atom stereocenters. The molecule has 128 valence electrons. The lowest BCUT2D eigenvalue weighted by Gasteiger charge is -2.32. The third kappa shape index (κ3) is 2.88. The van der Waals surface area contributed by atoms with E-state index in [0.29, 0.717) is 12.3 Å². The van der Waals surface area contributed by atoms with Crippen LogP contribution < -0.4 is 9.64 Å². The van der Waals surface area contributed by atoms with Gasteiger partial charge in [0.05, 0.1) is 12.8 Å². The Morgan fingerprint density at radius 2 is 1.88 bits per heavy atom. The molecule has 0 atom stereocenters. The maximum Gasteiger partial charge on any atom is 0.229 e. The van der Waals surface area contributed by atoms with E-state index in [1.165, 1.54) is 4.90 Å². The second kappa shape index (κ2) is 6.63. The molecule has 0 bridgehead atoms. The van der Waals surface area contributed by atoms with Gasteiger partial charge >= 0.3 is 0 Å². The van der Waals surface area contributed by atoms with E-state index in [-0.39, 0.29) is 43.5 Å². The Bertz CT molecular complexity index is 683. The molecule has 0 spiro atoms. The van der Waals surface area contributed by atoms with Crippen LogP contribution in [-0.4, -0.2) is 42.8 Å². The fourth-order valence-corrected chi connectivity index (χ4v) is 3.48. The Hall–Kier alpha value is -2.37. The van der Waals surface area contributed by atoms with Crippen LogP contribution in [0, 0.1) is 6.92 Å². The fourth-order valence-electron chi connectivity index (χ4n) is 3.48. The maximum absolute atomic E-state index is 12.7. The summed E-state index contributed by atoms with van der Waals surface area (Å²) in [6.45, 7) is 2.83. The monoisotopic (exact) mass is 330 g/mol. The van der Waals surface area contributed by atoms with Crippen molar-refractivity contribution in [2.75, 3.05) is 25.1 Å². The molecule has 2 aliphatic heterocycles. The second-order valence-electron chi connectivity index (χ2n) is 6.25. The van der Waals surface area contributed by atoms with E-state index in [1.807, 2.05) is 19.1 Å². The first-order valence-corrected chi connectivity index (χ1v) is 8.33. The van der Waals surface area contributed by atoms with Crippen molar-refractivity contribution in [3.05, 3.63) is 23.3 Å². The average molecular weight is 330 g/mol. The van der Waals surface area contributed by atoms with E-state index in [0.717, 1.165) is 29.7 Å². The molecule has 24 heavy (non-hydrogen) atoms. The minimum absolute atomic E-state index is 0.0765. The molecule has 0 aromatic heterocycles. The Balaban J connectivity index is 1.79. The summed E-state index contributed by atoms with van der Waals surface area (Å²) in [5, 5.41) is 0. The standard InChI is InChI=1S/C18H22N2O4/c1-12-5-6-14(24-2)18-13(12)4-3-10-20(18)17(23)9-11-19-15(21)7-8-16(19)22/h5-6H,3-4,7-11H2,1-2H3. The van der Waals surface area contributed by atoms with Crippen molar-refractivity contribution >= 4 is 23.4 Å². The highest BCUT2D eigenvalue weighted by Gasteiger charge is 2.31. The van der Waals surface area contributed by atoms with E-state index in [4.69, 9.17) is 4.74 Å². The van der Waals surface area contributed by atoms with Crippen molar-refractivity contribution in [1.29, 1.82) is 0 Å². The van der Waals surface area contributed by atoms with Crippen molar-refractivity contribution in [3.63, 3.8) is 0 Å². The number of hydrogen-bond donors (Lipinski definition) is 0. The van der Waals surface area contributed by atoms with E-state index < -0.39 is 0 Å². The normalized spacial score (nSPS) is 17.2. The zero-order valence-corrected chi connectivity index (χ0v) is 14.1. The van der Waals surface area contributed by atoms with E-state index >= 15 is 0 Å². The van der Waals surface area contributed by atoms with Crippen molar-refractivity contribution in [2.24, 2.45) is 0 Å². The number of benzene rings is 1. The first-order chi connectivity index (χ1) is 11.5. The number of ether oxygens (including phenoxy) is 1. The third-order valence-corrected chi connectivity index (χ3v) is 4.78. The predicted molar refractivity (Wildman–Crippen MR) is 89.0 cm³/mol. The molecule has 1 fully saturated rings. The van der Waals surface area contributed by atoms with Crippen LogP contribution in [0.3, 0.4) is 0 Å². The van der Waals surface area contributed by atoms with Crippen LogP contribution in [0.5, 0.6) is 5.75 Å². The number of carbonyl (C=O) groups excluding carboxylic acids is 3. The van der Waals surface area contributed by atoms with Gasteiger partial charge in [-0.3, -0.25) is 19.3 Å². The van der Waals surface area contributed by atoms with E-state index in [9.17, 15) is 14.4 Å². The van der Waals surface area contributed by atoms with Gasteiger partial charge in [0, 0.05) is 32.4 Å². The van der Waals surface area contributed by atoms with Gasteiger partial charge in [-0.05, 0) is 37.0 Å². The number of anilines is 1. The molecule has 0 N–H and O–H groups in total. The lowest BCUT2D eigenvalue weighted by atomic mass is 9.96. The molecule has 0 aliphatic carbocycles. The lowest BCUT2D eigenvalue weighted by molar-refractivity contribution is -0.138. The summed E-state index contributed by atoms with van der Waals surface area (Å²) in [7, 11) is 1.60. The summed E-state index contributed by atoms with van der Waals surface area (Å²) in [5.74, 6) is 0.255. The Labute approximate surface area is 141 Å². The van der Waals surface area contributed by atoms with Crippen molar-refractivity contribution < 1.29 is 19.1 Å². The van der Waals surface area contributed by atoms with Gasteiger partial charge in [-0.25, -0.2) is 0 Å². The molecular formula is C18H22N2O4. The van der Waals surface area contributed by atoms with Crippen molar-refractivity contribution in [2.45, 2.75) is 39.0 Å². The number of amides is 3. The van der Waals surface area contributed by atoms with Gasteiger partial charge in [0.2, 0.25) is 17.7 Å². The number of rotatable bonds is 4. The molecule has 6 heteroatoms. The SMILES string of the molecule is COc1ccc(C)c2c1N(C(=O)CCN1C(=O)CCC1=O)CCC2. The minimum Gasteiger partial charge on any atom is -0.495 e. The number of likely N-dealkylation sites (tertiary alicyclic amines) is 1. The number of carbonyl (C=O) groups is 3. The first kappa shape index (κ1) is 16.5. The highest BCUT2D eigenvalue weighted by molar-refractivity contribution is 6.03. The molecule has 3 amide bonds. The van der Waals surface area contributed by atoms with Gasteiger partial charge < -0.3 is 9.64 Å². The molecule has 2 heterocycles. The molecule has 3 rings (SSSR count). The van der Waals surface area contributed by atoms with Crippen LogP contribution in [-0.2, 0) is 20.8 Å². The van der Waals surface area contributed by atoms with Gasteiger partial charge in [-0.1, -0.05) is 6.07 Å². The molecule has 1 saturated heterocycles. The summed E-state index contributed by atoms with van der Waals surface area (Å²) in [4.78, 5) is 39.0. The summed E-state index contributed by atoms with van der Waals surface area (Å²) in [5.41, 5.74) is 3.13. The minimum atomic E-state index is -0.180. The van der Waals surface area contributed by atoms with Gasteiger partial charge in [0.25, 0.3) is 0 Å². The van der Waals surface area contributed by atoms with Crippen molar-refractivity contribution in [1.82, 2.24) is 4.90 Å². The van der Waals surface area contributed by atoms with Crippen LogP contribution in [0.2, 0.25) is 0 Å². The molecular weight excluding hydrogens is 308 g/mol. The molecule has 6 nitrogen and oxygen atoms in total. The highest BCUT2D eigenvalue weighted by Crippen LogP contribution is 2.38. The highest BCUT2D eigenvalue weighted by atomic mass is 16.5. The zero-order valence-electron chi connectivity index (χ0n) is 14.1.